The van der Waals surface area contributed by atoms with E-state index in [-0.39, 0.29) is 17.0 Å². The Balaban J connectivity index is 1.40. The van der Waals surface area contributed by atoms with Gasteiger partial charge in [0.1, 0.15) is 5.56 Å². The highest BCUT2D eigenvalue weighted by atomic mass is 16.5. The zero-order chi connectivity index (χ0) is 18.9. The van der Waals surface area contributed by atoms with Gasteiger partial charge in [0.15, 0.2) is 6.61 Å². The summed E-state index contributed by atoms with van der Waals surface area (Å²) >= 11 is 0. The van der Waals surface area contributed by atoms with Crippen LogP contribution in [0.5, 0.6) is 0 Å². The predicted molar refractivity (Wildman–Crippen MR) is 99.5 cm³/mol. The van der Waals surface area contributed by atoms with Crippen molar-refractivity contribution in [1.29, 1.82) is 0 Å². The van der Waals surface area contributed by atoms with Gasteiger partial charge in [-0.2, -0.15) is 0 Å². The predicted octanol–water partition coefficient (Wildman–Crippen LogP) is 2.22. The van der Waals surface area contributed by atoms with Crippen LogP contribution in [0.2, 0.25) is 0 Å². The third kappa shape index (κ3) is 3.39. The number of amides is 1. The number of hydrogen-bond acceptors (Lipinski definition) is 4. The van der Waals surface area contributed by atoms with E-state index >= 15 is 0 Å². The number of ether oxygens (including phenoxy) is 1. The van der Waals surface area contributed by atoms with Gasteiger partial charge in [0, 0.05) is 5.69 Å². The number of carbonyl (C=O) groups is 2. The molecular formula is C21H22N2O4. The topological polar surface area (TPSA) is 88.3 Å². The van der Waals surface area contributed by atoms with Crippen LogP contribution in [-0.4, -0.2) is 23.5 Å². The van der Waals surface area contributed by atoms with Gasteiger partial charge >= 0.3 is 5.97 Å². The molecule has 1 amide bonds. The number of aromatic amines is 1. The molecule has 2 aromatic rings. The lowest BCUT2D eigenvalue weighted by Gasteiger charge is -2.43. The second-order valence-corrected chi connectivity index (χ2v) is 7.30. The van der Waals surface area contributed by atoms with Crippen LogP contribution in [0.3, 0.4) is 0 Å². The SMILES string of the molecule is O=C(COC(=O)c1cc2c([nH]c1=O)CCC2)NC1(c2ccccc2)CCC1. The van der Waals surface area contributed by atoms with Gasteiger partial charge in [0.25, 0.3) is 11.5 Å². The lowest BCUT2D eigenvalue weighted by Crippen LogP contribution is -2.51. The minimum absolute atomic E-state index is 0.0372. The van der Waals surface area contributed by atoms with Crippen LogP contribution in [-0.2, 0) is 27.9 Å². The van der Waals surface area contributed by atoms with Gasteiger partial charge < -0.3 is 15.0 Å². The first-order valence-electron chi connectivity index (χ1n) is 9.36. The Hall–Kier alpha value is -2.89. The van der Waals surface area contributed by atoms with Crippen molar-refractivity contribution in [3.05, 3.63) is 69.1 Å². The fourth-order valence-corrected chi connectivity index (χ4v) is 3.95. The highest BCUT2D eigenvalue weighted by Gasteiger charge is 2.40. The summed E-state index contributed by atoms with van der Waals surface area (Å²) in [5, 5.41) is 3.01. The number of esters is 1. The fraction of sp³-hybridized carbons (Fsp3) is 0.381. The number of fused-ring (bicyclic) bond motifs is 1. The zero-order valence-electron chi connectivity index (χ0n) is 15.0. The Labute approximate surface area is 156 Å². The Morgan fingerprint density at radius 2 is 1.89 bits per heavy atom. The van der Waals surface area contributed by atoms with Gasteiger partial charge in [-0.3, -0.25) is 9.59 Å². The molecule has 2 aliphatic carbocycles. The quantitative estimate of drug-likeness (QED) is 0.794. The number of nitrogens with one attached hydrogen (secondary N) is 2. The first-order valence-corrected chi connectivity index (χ1v) is 9.36. The normalized spacial score (nSPS) is 16.9. The molecule has 1 heterocycles. The van der Waals surface area contributed by atoms with Crippen LogP contribution in [0, 0.1) is 0 Å². The van der Waals surface area contributed by atoms with E-state index in [2.05, 4.69) is 10.3 Å². The van der Waals surface area contributed by atoms with E-state index in [0.29, 0.717) is 0 Å². The van der Waals surface area contributed by atoms with Crippen LogP contribution < -0.4 is 10.9 Å². The molecule has 1 aromatic heterocycles. The first-order chi connectivity index (χ1) is 13.1. The number of aromatic nitrogens is 1. The summed E-state index contributed by atoms with van der Waals surface area (Å²) in [5.41, 5.74) is 2.06. The average Bonchev–Trinajstić information content (AvgIpc) is 3.10. The second kappa shape index (κ2) is 7.02. The number of pyridine rings is 1. The van der Waals surface area contributed by atoms with Gasteiger partial charge in [-0.05, 0) is 55.7 Å². The Bertz CT molecular complexity index is 929. The molecule has 0 radical (unpaired) electrons. The monoisotopic (exact) mass is 366 g/mol. The molecule has 0 unspecified atom stereocenters. The second-order valence-electron chi connectivity index (χ2n) is 7.30. The molecule has 140 valence electrons. The Morgan fingerprint density at radius 1 is 1.11 bits per heavy atom. The van der Waals surface area contributed by atoms with Crippen molar-refractivity contribution in [2.75, 3.05) is 6.61 Å². The van der Waals surface area contributed by atoms with E-state index in [1.54, 1.807) is 6.07 Å². The minimum Gasteiger partial charge on any atom is -0.452 e. The van der Waals surface area contributed by atoms with Gasteiger partial charge in [0.2, 0.25) is 0 Å². The molecule has 0 aliphatic heterocycles. The van der Waals surface area contributed by atoms with Crippen molar-refractivity contribution in [2.24, 2.45) is 0 Å². The largest absolute Gasteiger partial charge is 0.452 e. The molecule has 0 spiro atoms. The molecule has 0 saturated heterocycles. The summed E-state index contributed by atoms with van der Waals surface area (Å²) in [4.78, 5) is 39.4. The third-order valence-electron chi connectivity index (χ3n) is 5.55. The van der Waals surface area contributed by atoms with Crippen molar-refractivity contribution in [3.63, 3.8) is 0 Å². The number of aryl methyl sites for hydroxylation is 2. The molecule has 6 nitrogen and oxygen atoms in total. The van der Waals surface area contributed by atoms with Crippen molar-refractivity contribution in [2.45, 2.75) is 44.1 Å². The Kier molecular flexibility index (Phi) is 4.56. The molecule has 2 aliphatic rings. The van der Waals surface area contributed by atoms with Crippen LogP contribution in [0.4, 0.5) is 0 Å². The molecule has 0 atom stereocenters. The van der Waals surface area contributed by atoms with Crippen molar-refractivity contribution in [3.8, 4) is 0 Å². The highest BCUT2D eigenvalue weighted by molar-refractivity contribution is 5.91. The summed E-state index contributed by atoms with van der Waals surface area (Å²) in [7, 11) is 0. The number of benzene rings is 1. The highest BCUT2D eigenvalue weighted by Crippen LogP contribution is 2.41. The van der Waals surface area contributed by atoms with E-state index < -0.39 is 18.1 Å². The van der Waals surface area contributed by atoms with Crippen LogP contribution in [0.1, 0.15) is 52.9 Å². The molecule has 1 saturated carbocycles. The summed E-state index contributed by atoms with van der Waals surface area (Å²) in [6, 6.07) is 11.4. The maximum Gasteiger partial charge on any atom is 0.344 e. The maximum atomic E-state index is 12.4. The first kappa shape index (κ1) is 17.5. The van der Waals surface area contributed by atoms with Gasteiger partial charge in [-0.1, -0.05) is 30.3 Å². The fourth-order valence-electron chi connectivity index (χ4n) is 3.95. The molecule has 2 N–H and O–H groups in total. The molecule has 0 bridgehead atoms. The molecular weight excluding hydrogens is 344 g/mol. The van der Waals surface area contributed by atoms with Crippen LogP contribution in [0.15, 0.2) is 41.2 Å². The van der Waals surface area contributed by atoms with E-state index in [0.717, 1.165) is 55.3 Å². The third-order valence-corrected chi connectivity index (χ3v) is 5.55. The van der Waals surface area contributed by atoms with E-state index in [9.17, 15) is 14.4 Å². The molecule has 4 rings (SSSR count). The van der Waals surface area contributed by atoms with Crippen LogP contribution >= 0.6 is 0 Å². The van der Waals surface area contributed by atoms with E-state index in [1.807, 2.05) is 30.3 Å². The van der Waals surface area contributed by atoms with Crippen LogP contribution in [0.25, 0.3) is 0 Å². The Morgan fingerprint density at radius 3 is 2.59 bits per heavy atom. The smallest absolute Gasteiger partial charge is 0.344 e. The average molecular weight is 366 g/mol. The van der Waals surface area contributed by atoms with Crippen molar-refractivity contribution >= 4 is 11.9 Å². The zero-order valence-corrected chi connectivity index (χ0v) is 15.0. The summed E-state index contributed by atoms with van der Waals surface area (Å²) in [6.45, 7) is -0.399. The number of carbonyl (C=O) groups excluding carboxylic acids is 2. The number of rotatable bonds is 5. The molecule has 27 heavy (non-hydrogen) atoms. The maximum absolute atomic E-state index is 12.4. The summed E-state index contributed by atoms with van der Waals surface area (Å²) in [6.07, 6.45) is 5.39. The minimum atomic E-state index is -0.761. The summed E-state index contributed by atoms with van der Waals surface area (Å²) < 4.78 is 5.11. The van der Waals surface area contributed by atoms with Crippen molar-refractivity contribution < 1.29 is 14.3 Å². The number of H-pyrrole nitrogens is 1. The number of hydrogen-bond donors (Lipinski definition) is 2. The van der Waals surface area contributed by atoms with E-state index in [1.165, 1.54) is 0 Å². The van der Waals surface area contributed by atoms with Gasteiger partial charge in [-0.25, -0.2) is 4.79 Å². The lowest BCUT2D eigenvalue weighted by molar-refractivity contribution is -0.127. The lowest BCUT2D eigenvalue weighted by atomic mass is 9.72. The molecule has 6 heteroatoms. The van der Waals surface area contributed by atoms with Gasteiger partial charge in [0.05, 0.1) is 5.54 Å². The van der Waals surface area contributed by atoms with E-state index in [4.69, 9.17) is 4.74 Å². The van der Waals surface area contributed by atoms with Crippen molar-refractivity contribution in [1.82, 2.24) is 10.3 Å². The molecule has 1 fully saturated rings. The summed E-state index contributed by atoms with van der Waals surface area (Å²) in [5.74, 6) is -1.12. The standard InChI is InChI=1S/C21H22N2O4/c24-18(23-21(10-5-11-21)15-7-2-1-3-8-15)13-27-20(26)16-12-14-6-4-9-17(14)22-19(16)25/h1-3,7-8,12H,4-6,9-11,13H2,(H,22,25)(H,23,24). The molecule has 1 aromatic carbocycles. The van der Waals surface area contributed by atoms with Gasteiger partial charge in [-0.15, -0.1) is 0 Å².